The molecule has 0 saturated heterocycles. The van der Waals surface area contributed by atoms with E-state index in [2.05, 4.69) is 39.5 Å². The van der Waals surface area contributed by atoms with Crippen molar-refractivity contribution in [3.63, 3.8) is 0 Å². The largest absolute Gasteiger partial charge is 0.465 e. The molecule has 0 fully saturated rings. The van der Waals surface area contributed by atoms with E-state index in [1.54, 1.807) is 0 Å². The number of Topliss-reactive ketones (excluding diaryl/α,β-unsaturated/α-hetero) is 1. The van der Waals surface area contributed by atoms with Gasteiger partial charge in [-0.25, -0.2) is 0 Å². The summed E-state index contributed by atoms with van der Waals surface area (Å²) in [6.45, 7) is 15.7. The molecule has 2 atom stereocenters. The Hall–Kier alpha value is -1.43. The second-order valence-electron chi connectivity index (χ2n) is 19.9. The average Bonchev–Trinajstić information content (AvgIpc) is 3.28. The maximum Gasteiger partial charge on any atom is 0.305 e. The number of hydrogen-bond donors (Lipinski definition) is 0. The molecule has 0 aliphatic heterocycles. The number of ether oxygens (including phenoxy) is 2. The van der Waals surface area contributed by atoms with Crippen LogP contribution in [0, 0.1) is 11.8 Å². The van der Waals surface area contributed by atoms with Gasteiger partial charge in [-0.3, -0.25) is 14.4 Å². The molecule has 0 aromatic rings. The number of carbonyl (C=O) groups excluding carboxylic acids is 3. The molecule has 374 valence electrons. The average molecular weight is 891 g/mol. The van der Waals surface area contributed by atoms with E-state index >= 15 is 0 Å². The fourth-order valence-electron chi connectivity index (χ4n) is 9.12. The van der Waals surface area contributed by atoms with Crippen LogP contribution in [-0.2, 0) is 23.9 Å². The van der Waals surface area contributed by atoms with Crippen LogP contribution >= 0.6 is 0 Å². The molecule has 6 heteroatoms. The molecule has 6 nitrogen and oxygen atoms in total. The van der Waals surface area contributed by atoms with Crippen LogP contribution in [-0.4, -0.2) is 55.5 Å². The van der Waals surface area contributed by atoms with E-state index in [4.69, 9.17) is 9.47 Å². The van der Waals surface area contributed by atoms with Crippen molar-refractivity contribution in [2.75, 3.05) is 32.8 Å². The molecule has 0 saturated carbocycles. The Bertz CT molecular complexity index is 912. The Labute approximate surface area is 394 Å². The standard InChI is InChI=1S/C57H111NO5/c1-6-11-16-21-24-31-42-53(40-29-19-14-9-4)51-62-56(60)46-35-27-38-49-58(48-37-26-34-45-55(59)44-33-23-18-13-8-3)50-39-28-36-47-57(61)63-52-54(41-30-20-15-10-5)43-32-25-22-17-12-7-2/h53-54H,6-52H2,1-5H3. The molecule has 0 aliphatic rings. The number of esters is 2. The van der Waals surface area contributed by atoms with Crippen molar-refractivity contribution in [3.05, 3.63) is 0 Å². The molecule has 0 amide bonds. The van der Waals surface area contributed by atoms with Crippen LogP contribution in [0.25, 0.3) is 0 Å². The van der Waals surface area contributed by atoms with Gasteiger partial charge in [-0.2, -0.15) is 0 Å². The second-order valence-corrected chi connectivity index (χ2v) is 19.9. The van der Waals surface area contributed by atoms with Crippen molar-refractivity contribution in [2.24, 2.45) is 11.8 Å². The Balaban J connectivity index is 4.78. The summed E-state index contributed by atoms with van der Waals surface area (Å²) in [5, 5.41) is 0. The third kappa shape index (κ3) is 45.5. The minimum Gasteiger partial charge on any atom is -0.465 e. The summed E-state index contributed by atoms with van der Waals surface area (Å²) in [4.78, 5) is 40.6. The Morgan fingerprint density at radius 3 is 0.905 bits per heavy atom. The predicted octanol–water partition coefficient (Wildman–Crippen LogP) is 17.7. The molecule has 0 spiro atoms. The minimum absolute atomic E-state index is 0.0114. The summed E-state index contributed by atoms with van der Waals surface area (Å²) in [7, 11) is 0. The van der Waals surface area contributed by atoms with Gasteiger partial charge in [-0.05, 0) is 102 Å². The summed E-state index contributed by atoms with van der Waals surface area (Å²) in [5.41, 5.74) is 0. The third-order valence-electron chi connectivity index (χ3n) is 13.5. The van der Waals surface area contributed by atoms with Crippen molar-refractivity contribution in [1.29, 1.82) is 0 Å². The van der Waals surface area contributed by atoms with Gasteiger partial charge < -0.3 is 14.4 Å². The SMILES string of the molecule is CCCCCCCCC(CCCCCC)COC(=O)CCCCCN(CCCCCC(=O)CCCCCCC)CCCCCC(=O)OCC(CCCCCC)CCCCCCCC. The van der Waals surface area contributed by atoms with Gasteiger partial charge in [0.1, 0.15) is 5.78 Å². The zero-order valence-electron chi connectivity index (χ0n) is 43.4. The van der Waals surface area contributed by atoms with Gasteiger partial charge >= 0.3 is 11.9 Å². The summed E-state index contributed by atoms with van der Waals surface area (Å²) in [6, 6.07) is 0. The maximum absolute atomic E-state index is 12.8. The molecular weight excluding hydrogens is 779 g/mol. The Morgan fingerprint density at radius 1 is 0.317 bits per heavy atom. The predicted molar refractivity (Wildman–Crippen MR) is 273 cm³/mol. The first-order valence-corrected chi connectivity index (χ1v) is 28.4. The van der Waals surface area contributed by atoms with E-state index < -0.39 is 0 Å². The van der Waals surface area contributed by atoms with Crippen molar-refractivity contribution >= 4 is 17.7 Å². The monoisotopic (exact) mass is 890 g/mol. The summed E-state index contributed by atoms with van der Waals surface area (Å²) in [6.07, 6.45) is 48.6. The van der Waals surface area contributed by atoms with E-state index in [1.807, 2.05) is 0 Å². The smallest absolute Gasteiger partial charge is 0.305 e. The molecule has 2 unspecified atom stereocenters. The minimum atomic E-state index is -0.0114. The molecule has 0 rings (SSSR count). The lowest BCUT2D eigenvalue weighted by molar-refractivity contribution is -0.146. The number of rotatable bonds is 52. The maximum atomic E-state index is 12.8. The molecule has 0 N–H and O–H groups in total. The van der Waals surface area contributed by atoms with Crippen molar-refractivity contribution < 1.29 is 23.9 Å². The summed E-state index contributed by atoms with van der Waals surface area (Å²) >= 11 is 0. The lowest BCUT2D eigenvalue weighted by Crippen LogP contribution is -2.27. The van der Waals surface area contributed by atoms with Crippen LogP contribution in [0.2, 0.25) is 0 Å². The van der Waals surface area contributed by atoms with Crippen LogP contribution in [0.4, 0.5) is 0 Å². The normalized spacial score (nSPS) is 12.5. The highest BCUT2D eigenvalue weighted by Crippen LogP contribution is 2.22. The quantitative estimate of drug-likeness (QED) is 0.0447. The van der Waals surface area contributed by atoms with Gasteiger partial charge in [-0.1, -0.05) is 208 Å². The molecule has 0 aliphatic carbocycles. The zero-order chi connectivity index (χ0) is 46.1. The van der Waals surface area contributed by atoms with E-state index in [0.717, 1.165) is 96.7 Å². The van der Waals surface area contributed by atoms with E-state index in [9.17, 15) is 14.4 Å². The molecule has 63 heavy (non-hydrogen) atoms. The Morgan fingerprint density at radius 2 is 0.571 bits per heavy atom. The van der Waals surface area contributed by atoms with Crippen molar-refractivity contribution in [1.82, 2.24) is 4.90 Å². The lowest BCUT2D eigenvalue weighted by atomic mass is 9.95. The molecular formula is C57H111NO5. The van der Waals surface area contributed by atoms with Crippen LogP contribution in [0.15, 0.2) is 0 Å². The van der Waals surface area contributed by atoms with Crippen molar-refractivity contribution in [3.8, 4) is 0 Å². The highest BCUT2D eigenvalue weighted by molar-refractivity contribution is 5.78. The number of nitrogens with zero attached hydrogens (tertiary/aromatic N) is 1. The van der Waals surface area contributed by atoms with Gasteiger partial charge in [-0.15, -0.1) is 0 Å². The molecule has 0 bridgehead atoms. The first-order chi connectivity index (χ1) is 30.9. The van der Waals surface area contributed by atoms with Crippen LogP contribution < -0.4 is 0 Å². The molecule has 0 radical (unpaired) electrons. The third-order valence-corrected chi connectivity index (χ3v) is 13.5. The highest BCUT2D eigenvalue weighted by atomic mass is 16.5. The fourth-order valence-corrected chi connectivity index (χ4v) is 9.12. The molecule has 0 aromatic heterocycles. The van der Waals surface area contributed by atoms with E-state index in [0.29, 0.717) is 43.7 Å². The number of unbranched alkanes of at least 4 members (excludes halogenated alkanes) is 26. The lowest BCUT2D eigenvalue weighted by Gasteiger charge is -2.22. The Kier molecular flexibility index (Phi) is 48.9. The van der Waals surface area contributed by atoms with E-state index in [-0.39, 0.29) is 11.9 Å². The van der Waals surface area contributed by atoms with Crippen molar-refractivity contribution in [2.45, 2.75) is 304 Å². The summed E-state index contributed by atoms with van der Waals surface area (Å²) < 4.78 is 11.8. The first kappa shape index (κ1) is 61.6. The number of ketones is 1. The molecule has 0 aromatic carbocycles. The zero-order valence-corrected chi connectivity index (χ0v) is 43.4. The van der Waals surface area contributed by atoms with E-state index in [1.165, 1.54) is 180 Å². The summed E-state index contributed by atoms with van der Waals surface area (Å²) in [5.74, 6) is 1.45. The number of hydrogen-bond acceptors (Lipinski definition) is 6. The topological polar surface area (TPSA) is 72.9 Å². The van der Waals surface area contributed by atoms with Gasteiger partial charge in [0.05, 0.1) is 13.2 Å². The van der Waals surface area contributed by atoms with Gasteiger partial charge in [0, 0.05) is 25.7 Å². The second kappa shape index (κ2) is 50.0. The first-order valence-electron chi connectivity index (χ1n) is 28.4. The van der Waals surface area contributed by atoms with Crippen LogP contribution in [0.1, 0.15) is 304 Å². The number of carbonyl (C=O) groups is 3. The van der Waals surface area contributed by atoms with Gasteiger partial charge in [0.25, 0.3) is 0 Å². The van der Waals surface area contributed by atoms with Crippen LogP contribution in [0.3, 0.4) is 0 Å². The molecule has 0 heterocycles. The van der Waals surface area contributed by atoms with Gasteiger partial charge in [0.2, 0.25) is 0 Å². The highest BCUT2D eigenvalue weighted by Gasteiger charge is 2.15. The fraction of sp³-hybridized carbons (Fsp3) is 0.947. The van der Waals surface area contributed by atoms with Gasteiger partial charge in [0.15, 0.2) is 0 Å². The van der Waals surface area contributed by atoms with Crippen LogP contribution in [0.5, 0.6) is 0 Å².